The third-order valence-electron chi connectivity index (χ3n) is 13.5. The van der Waals surface area contributed by atoms with E-state index in [0.29, 0.717) is 5.92 Å². The van der Waals surface area contributed by atoms with Crippen molar-refractivity contribution in [1.29, 1.82) is 0 Å². The standard InChI is InChI=1S/C62H53N/c1-4-46(57-28-15-14-19-44(57)2)41-45(3)51-22-18-27-55(42-51)63(54-37-35-50(36-38-54)49-33-31-48(32-34-49)47-20-8-5-9-21-47)56-39-40-59-58-29-16-17-30-60(58)62(61(59)43-56,52-23-10-6-11-24-52)53-25-12-7-13-26-53/h4-20,23-43,47,51H,21-22H2,1-3H3/b45-41+,46-4+. The zero-order chi connectivity index (χ0) is 42.8. The highest BCUT2D eigenvalue weighted by molar-refractivity contribution is 5.89. The summed E-state index contributed by atoms with van der Waals surface area (Å²) >= 11 is 0. The van der Waals surface area contributed by atoms with Gasteiger partial charge < -0.3 is 4.90 Å². The van der Waals surface area contributed by atoms with Gasteiger partial charge in [-0.15, -0.1) is 0 Å². The fraction of sp³-hybridized carbons (Fsp3) is 0.129. The number of nitrogens with zero attached hydrogens (tertiary/aromatic N) is 1. The van der Waals surface area contributed by atoms with Crippen LogP contribution in [-0.4, -0.2) is 0 Å². The molecule has 0 saturated heterocycles. The van der Waals surface area contributed by atoms with Crippen LogP contribution in [0.25, 0.3) is 27.8 Å². The van der Waals surface area contributed by atoms with Gasteiger partial charge in [0.25, 0.3) is 0 Å². The van der Waals surface area contributed by atoms with Crippen molar-refractivity contribution in [3.05, 3.63) is 281 Å². The van der Waals surface area contributed by atoms with Gasteiger partial charge >= 0.3 is 0 Å². The van der Waals surface area contributed by atoms with Gasteiger partial charge in [-0.05, 0) is 131 Å². The average Bonchev–Trinajstić information content (AvgIpc) is 3.65. The highest BCUT2D eigenvalue weighted by Gasteiger charge is 2.46. The summed E-state index contributed by atoms with van der Waals surface area (Å²) in [5, 5.41) is 0. The topological polar surface area (TPSA) is 3.24 Å². The summed E-state index contributed by atoms with van der Waals surface area (Å²) in [6.45, 7) is 6.65. The van der Waals surface area contributed by atoms with Crippen LogP contribution in [0.15, 0.2) is 242 Å². The normalized spacial score (nSPS) is 17.5. The molecular formula is C62H53N. The molecule has 7 aromatic rings. The van der Waals surface area contributed by atoms with Gasteiger partial charge in [-0.1, -0.05) is 206 Å². The number of allylic oxidation sites excluding steroid dienone is 11. The third kappa shape index (κ3) is 7.38. The van der Waals surface area contributed by atoms with Crippen LogP contribution < -0.4 is 4.90 Å². The molecule has 1 nitrogen and oxygen atoms in total. The molecule has 0 aromatic heterocycles. The van der Waals surface area contributed by atoms with Crippen LogP contribution >= 0.6 is 0 Å². The van der Waals surface area contributed by atoms with Crippen molar-refractivity contribution >= 4 is 16.9 Å². The molecule has 306 valence electrons. The van der Waals surface area contributed by atoms with E-state index in [1.54, 1.807) is 0 Å². The lowest BCUT2D eigenvalue weighted by Crippen LogP contribution is -2.29. The van der Waals surface area contributed by atoms with Gasteiger partial charge in [0.1, 0.15) is 0 Å². The smallest absolute Gasteiger partial charge is 0.0714 e. The quantitative estimate of drug-likeness (QED) is 0.124. The molecule has 3 aliphatic rings. The summed E-state index contributed by atoms with van der Waals surface area (Å²) in [6, 6.07) is 65.4. The molecule has 0 N–H and O–H groups in total. The molecule has 3 aliphatic carbocycles. The van der Waals surface area contributed by atoms with Crippen LogP contribution in [0.2, 0.25) is 0 Å². The van der Waals surface area contributed by atoms with Gasteiger partial charge in [0.2, 0.25) is 0 Å². The maximum atomic E-state index is 2.49. The molecule has 0 heterocycles. The van der Waals surface area contributed by atoms with Crippen LogP contribution in [0.1, 0.15) is 71.6 Å². The van der Waals surface area contributed by atoms with Crippen molar-refractivity contribution in [2.24, 2.45) is 5.92 Å². The monoisotopic (exact) mass is 811 g/mol. The molecule has 0 saturated carbocycles. The number of hydrogen-bond donors (Lipinski definition) is 0. The lowest BCUT2D eigenvalue weighted by molar-refractivity contribution is 0.755. The second-order valence-electron chi connectivity index (χ2n) is 17.2. The Morgan fingerprint density at radius 1 is 0.603 bits per heavy atom. The van der Waals surface area contributed by atoms with Crippen molar-refractivity contribution in [3.63, 3.8) is 0 Å². The minimum atomic E-state index is -0.493. The van der Waals surface area contributed by atoms with Gasteiger partial charge in [-0.3, -0.25) is 0 Å². The lowest BCUT2D eigenvalue weighted by Gasteiger charge is -2.35. The molecule has 0 fully saturated rings. The molecule has 63 heavy (non-hydrogen) atoms. The van der Waals surface area contributed by atoms with E-state index in [-0.39, 0.29) is 5.92 Å². The molecule has 2 atom stereocenters. The van der Waals surface area contributed by atoms with Gasteiger partial charge in [-0.2, -0.15) is 0 Å². The summed E-state index contributed by atoms with van der Waals surface area (Å²) in [7, 11) is 0. The van der Waals surface area contributed by atoms with E-state index >= 15 is 0 Å². The highest BCUT2D eigenvalue weighted by atomic mass is 15.1. The van der Waals surface area contributed by atoms with Gasteiger partial charge in [0, 0.05) is 28.9 Å². The van der Waals surface area contributed by atoms with Crippen LogP contribution in [0.4, 0.5) is 11.4 Å². The summed E-state index contributed by atoms with van der Waals surface area (Å²) in [6.07, 6.45) is 22.7. The summed E-state index contributed by atoms with van der Waals surface area (Å²) < 4.78 is 0. The van der Waals surface area contributed by atoms with E-state index in [4.69, 9.17) is 0 Å². The van der Waals surface area contributed by atoms with E-state index in [0.717, 1.165) is 24.2 Å². The number of fused-ring (bicyclic) bond motifs is 3. The maximum absolute atomic E-state index is 2.49. The first-order valence-electron chi connectivity index (χ1n) is 22.5. The van der Waals surface area contributed by atoms with Crippen molar-refractivity contribution < 1.29 is 0 Å². The number of benzene rings is 7. The Morgan fingerprint density at radius 2 is 1.24 bits per heavy atom. The van der Waals surface area contributed by atoms with Crippen LogP contribution in [-0.2, 0) is 5.41 Å². The molecule has 0 aliphatic heterocycles. The molecule has 0 radical (unpaired) electrons. The first-order valence-corrected chi connectivity index (χ1v) is 22.5. The number of rotatable bonds is 10. The first-order chi connectivity index (χ1) is 31.0. The van der Waals surface area contributed by atoms with E-state index in [1.807, 2.05) is 0 Å². The van der Waals surface area contributed by atoms with Gasteiger partial charge in [0.05, 0.1) is 5.41 Å². The minimum absolute atomic E-state index is 0.241. The Balaban J connectivity index is 1.11. The second kappa shape index (κ2) is 17.3. The molecular weight excluding hydrogens is 759 g/mol. The molecule has 7 aromatic carbocycles. The molecule has 0 amide bonds. The summed E-state index contributed by atoms with van der Waals surface area (Å²) in [5.41, 5.74) is 19.6. The highest BCUT2D eigenvalue weighted by Crippen LogP contribution is 2.57. The number of anilines is 2. The molecule has 1 heteroatoms. The first kappa shape index (κ1) is 39.9. The fourth-order valence-corrected chi connectivity index (χ4v) is 10.3. The van der Waals surface area contributed by atoms with E-state index in [1.165, 1.54) is 78.0 Å². The maximum Gasteiger partial charge on any atom is 0.0714 e. The molecule has 0 spiro atoms. The van der Waals surface area contributed by atoms with Crippen molar-refractivity contribution in [3.8, 4) is 22.3 Å². The summed E-state index contributed by atoms with van der Waals surface area (Å²) in [5.74, 6) is 0.680. The molecule has 0 bridgehead atoms. The average molecular weight is 812 g/mol. The van der Waals surface area contributed by atoms with Crippen molar-refractivity contribution in [1.82, 2.24) is 0 Å². The Morgan fingerprint density at radius 3 is 1.92 bits per heavy atom. The Labute approximate surface area is 374 Å². The largest absolute Gasteiger partial charge is 0.311 e. The van der Waals surface area contributed by atoms with Crippen molar-refractivity contribution in [2.45, 2.75) is 44.9 Å². The number of aryl methyl sites for hydroxylation is 1. The summed E-state index contributed by atoms with van der Waals surface area (Å²) in [4.78, 5) is 2.48. The Hall–Kier alpha value is -7.22. The van der Waals surface area contributed by atoms with Crippen molar-refractivity contribution in [2.75, 3.05) is 4.90 Å². The van der Waals surface area contributed by atoms with Gasteiger partial charge in [-0.25, -0.2) is 0 Å². The predicted molar refractivity (Wildman–Crippen MR) is 267 cm³/mol. The minimum Gasteiger partial charge on any atom is -0.311 e. The number of hydrogen-bond acceptors (Lipinski definition) is 1. The van der Waals surface area contributed by atoms with Crippen LogP contribution in [0, 0.1) is 12.8 Å². The van der Waals surface area contributed by atoms with Crippen LogP contribution in [0.5, 0.6) is 0 Å². The Bertz CT molecular complexity index is 2910. The zero-order valence-electron chi connectivity index (χ0n) is 36.5. The van der Waals surface area contributed by atoms with E-state index in [2.05, 4.69) is 256 Å². The van der Waals surface area contributed by atoms with E-state index < -0.39 is 5.41 Å². The van der Waals surface area contributed by atoms with Gasteiger partial charge in [0.15, 0.2) is 0 Å². The molecule has 2 unspecified atom stereocenters. The Kier molecular flexibility index (Phi) is 10.9. The van der Waals surface area contributed by atoms with E-state index in [9.17, 15) is 0 Å². The van der Waals surface area contributed by atoms with Crippen LogP contribution in [0.3, 0.4) is 0 Å². The predicted octanol–water partition coefficient (Wildman–Crippen LogP) is 16.3. The third-order valence-corrected chi connectivity index (χ3v) is 13.5. The fourth-order valence-electron chi connectivity index (χ4n) is 10.3. The zero-order valence-corrected chi connectivity index (χ0v) is 36.5. The second-order valence-corrected chi connectivity index (χ2v) is 17.2. The molecule has 10 rings (SSSR count). The SMILES string of the molecule is C/C=C(\C=C(/C)C1C=C(N(c2ccc(-c3ccc(C4C=CC=CC4)cc3)cc2)c2ccc3c(c2)C(c2ccccc2)(c2ccccc2)c2ccccc2-3)C=CC1)c1ccccc1C. The lowest BCUT2D eigenvalue weighted by atomic mass is 9.67.